The molecule has 0 radical (unpaired) electrons. The smallest absolute Gasteiger partial charge is 0.412 e. The number of fused-ring (bicyclic) bond motifs is 1. The zero-order valence-corrected chi connectivity index (χ0v) is 25.2. The Morgan fingerprint density at radius 3 is 2.40 bits per heavy atom. The van der Waals surface area contributed by atoms with Gasteiger partial charge in [-0.2, -0.15) is 0 Å². The Labute approximate surface area is 256 Å². The number of amides is 1. The minimum Gasteiger partial charge on any atom is -0.508 e. The number of nitrogens with two attached hydrogens (primary N) is 1. The van der Waals surface area contributed by atoms with E-state index in [0.29, 0.717) is 36.6 Å². The van der Waals surface area contributed by atoms with Crippen molar-refractivity contribution in [3.8, 4) is 27.7 Å². The molecule has 1 fully saturated rings. The van der Waals surface area contributed by atoms with E-state index in [1.165, 1.54) is 30.6 Å². The van der Waals surface area contributed by atoms with Crippen LogP contribution in [0.1, 0.15) is 54.4 Å². The number of phenols is 1. The van der Waals surface area contributed by atoms with Crippen LogP contribution in [0, 0.1) is 0 Å². The Morgan fingerprint density at radius 2 is 1.65 bits per heavy atom. The van der Waals surface area contributed by atoms with Crippen molar-refractivity contribution in [1.82, 2.24) is 10.2 Å². The van der Waals surface area contributed by atoms with Gasteiger partial charge < -0.3 is 25.6 Å². The molecular formula is C34H39N3O5S. The topological polar surface area (TPSA) is 114 Å². The number of hydrogen-bond donors (Lipinski definition) is 3. The quantitative estimate of drug-likeness (QED) is 0.117. The van der Waals surface area contributed by atoms with Crippen LogP contribution in [0.5, 0.6) is 17.2 Å². The van der Waals surface area contributed by atoms with E-state index in [4.69, 9.17) is 15.2 Å². The first-order valence-electron chi connectivity index (χ1n) is 15.0. The zero-order chi connectivity index (χ0) is 30.0. The fourth-order valence-corrected chi connectivity index (χ4v) is 6.52. The largest absolute Gasteiger partial charge is 0.508 e. The first-order valence-corrected chi connectivity index (χ1v) is 15.8. The normalized spacial score (nSPS) is 13.6. The highest BCUT2D eigenvalue weighted by molar-refractivity contribution is 7.22. The fourth-order valence-electron chi connectivity index (χ4n) is 5.28. The number of carbonyl (C=O) groups excluding carboxylic acids is 2. The van der Waals surface area contributed by atoms with Gasteiger partial charge >= 0.3 is 6.09 Å². The molecule has 1 aliphatic rings. The summed E-state index contributed by atoms with van der Waals surface area (Å²) in [6.45, 7) is 4.94. The first-order chi connectivity index (χ1) is 21.0. The summed E-state index contributed by atoms with van der Waals surface area (Å²) in [7, 11) is 0. The molecule has 2 heterocycles. The van der Waals surface area contributed by atoms with Gasteiger partial charge in [0, 0.05) is 39.2 Å². The van der Waals surface area contributed by atoms with Gasteiger partial charge in [0.05, 0.1) is 0 Å². The van der Waals surface area contributed by atoms with E-state index in [-0.39, 0.29) is 11.5 Å². The van der Waals surface area contributed by atoms with Crippen LogP contribution in [-0.4, -0.2) is 61.2 Å². The molecule has 1 aliphatic heterocycles. The van der Waals surface area contributed by atoms with Gasteiger partial charge in [-0.05, 0) is 118 Å². The fraction of sp³-hybridized carbons (Fsp3) is 0.353. The maximum absolute atomic E-state index is 14.0. The molecule has 226 valence electrons. The van der Waals surface area contributed by atoms with Gasteiger partial charge in [0.1, 0.15) is 23.9 Å². The van der Waals surface area contributed by atoms with Crippen LogP contribution in [0.3, 0.4) is 0 Å². The van der Waals surface area contributed by atoms with Crippen molar-refractivity contribution in [2.24, 2.45) is 5.73 Å². The summed E-state index contributed by atoms with van der Waals surface area (Å²) in [6.07, 6.45) is 6.00. The molecule has 0 unspecified atom stereocenters. The molecule has 8 nitrogen and oxygen atoms in total. The summed E-state index contributed by atoms with van der Waals surface area (Å²) in [5, 5.41) is 13.4. The standard InChI is InChI=1S/C34H39N3O5S/c35-17-3-1-4-18-36-34(40)42-28-15-16-29-30(23-28)43-33(25-7-11-26(38)12-8-25)31(29)32(39)24-9-13-27(14-10-24)41-22-21-37-19-5-2-6-20-37/h7-16,23,38H,1-6,17-22,35H2,(H,36,40). The zero-order valence-electron chi connectivity index (χ0n) is 24.3. The van der Waals surface area contributed by atoms with Crippen molar-refractivity contribution in [1.29, 1.82) is 0 Å². The van der Waals surface area contributed by atoms with Crippen molar-refractivity contribution in [2.75, 3.05) is 39.3 Å². The van der Waals surface area contributed by atoms with Gasteiger partial charge in [-0.1, -0.05) is 12.8 Å². The molecule has 0 atom stereocenters. The van der Waals surface area contributed by atoms with Crippen molar-refractivity contribution in [3.63, 3.8) is 0 Å². The van der Waals surface area contributed by atoms with Crippen molar-refractivity contribution in [2.45, 2.75) is 38.5 Å². The number of nitrogens with zero attached hydrogens (tertiary/aromatic N) is 1. The average Bonchev–Trinajstić information content (AvgIpc) is 3.40. The third-order valence-electron chi connectivity index (χ3n) is 7.62. The number of thiophene rings is 1. The highest BCUT2D eigenvalue weighted by atomic mass is 32.1. The molecule has 1 saturated heterocycles. The van der Waals surface area contributed by atoms with Crippen LogP contribution in [-0.2, 0) is 0 Å². The molecule has 0 saturated carbocycles. The Hall–Kier alpha value is -3.92. The lowest BCUT2D eigenvalue weighted by molar-refractivity contribution is 0.104. The third-order valence-corrected chi connectivity index (χ3v) is 8.82. The number of benzene rings is 3. The second kappa shape index (κ2) is 15.0. The molecule has 5 rings (SSSR count). The molecule has 0 bridgehead atoms. The molecule has 4 N–H and O–H groups in total. The maximum atomic E-state index is 14.0. The highest BCUT2D eigenvalue weighted by Crippen LogP contribution is 2.41. The van der Waals surface area contributed by atoms with Crippen LogP contribution in [0.2, 0.25) is 0 Å². The molecule has 1 aromatic heterocycles. The summed E-state index contributed by atoms with van der Waals surface area (Å²) in [5.41, 5.74) is 7.46. The molecule has 9 heteroatoms. The van der Waals surface area contributed by atoms with Crippen LogP contribution in [0.15, 0.2) is 66.7 Å². The van der Waals surface area contributed by atoms with Crippen molar-refractivity contribution >= 4 is 33.3 Å². The molecule has 4 aromatic rings. The second-order valence-electron chi connectivity index (χ2n) is 10.8. The number of likely N-dealkylation sites (tertiary alicyclic amines) is 1. The lowest BCUT2D eigenvalue weighted by Crippen LogP contribution is -2.33. The number of carbonyl (C=O) groups is 2. The minimum absolute atomic E-state index is 0.113. The SMILES string of the molecule is NCCCCCNC(=O)Oc1ccc2c(C(=O)c3ccc(OCCN4CCCCC4)cc3)c(-c3ccc(O)cc3)sc2c1. The summed E-state index contributed by atoms with van der Waals surface area (Å²) in [5.74, 6) is 1.17. The van der Waals surface area contributed by atoms with Gasteiger partial charge in [-0.15, -0.1) is 11.3 Å². The van der Waals surface area contributed by atoms with Crippen LogP contribution in [0.25, 0.3) is 20.5 Å². The monoisotopic (exact) mass is 601 g/mol. The number of aromatic hydroxyl groups is 1. The number of unbranched alkanes of at least 4 members (excludes halogenated alkanes) is 2. The number of rotatable bonds is 13. The maximum Gasteiger partial charge on any atom is 0.412 e. The van der Waals surface area contributed by atoms with Gasteiger partial charge in [-0.25, -0.2) is 4.79 Å². The number of nitrogens with one attached hydrogen (secondary N) is 1. The van der Waals surface area contributed by atoms with Gasteiger partial charge in [0.25, 0.3) is 0 Å². The summed E-state index contributed by atoms with van der Waals surface area (Å²) in [6, 6.07) is 19.4. The number of phenolic OH excluding ortho intramolecular Hbond substituents is 1. The highest BCUT2D eigenvalue weighted by Gasteiger charge is 2.22. The molecule has 43 heavy (non-hydrogen) atoms. The van der Waals surface area contributed by atoms with E-state index in [0.717, 1.165) is 65.2 Å². The Kier molecular flexibility index (Phi) is 10.7. The number of ether oxygens (including phenoxy) is 2. The van der Waals surface area contributed by atoms with Crippen LogP contribution >= 0.6 is 11.3 Å². The van der Waals surface area contributed by atoms with E-state index in [2.05, 4.69) is 10.2 Å². The van der Waals surface area contributed by atoms with E-state index in [1.54, 1.807) is 48.5 Å². The van der Waals surface area contributed by atoms with Crippen LogP contribution in [0.4, 0.5) is 4.79 Å². The van der Waals surface area contributed by atoms with E-state index < -0.39 is 6.09 Å². The lowest BCUT2D eigenvalue weighted by atomic mass is 9.97. The Bertz CT molecular complexity index is 1510. The molecule has 0 spiro atoms. The summed E-state index contributed by atoms with van der Waals surface area (Å²) < 4.78 is 12.3. The third kappa shape index (κ3) is 8.13. The number of hydrogen-bond acceptors (Lipinski definition) is 8. The van der Waals surface area contributed by atoms with Gasteiger partial charge in [0.15, 0.2) is 5.78 Å². The lowest BCUT2D eigenvalue weighted by Gasteiger charge is -2.26. The molecule has 1 amide bonds. The molecular weight excluding hydrogens is 562 g/mol. The summed E-state index contributed by atoms with van der Waals surface area (Å²) in [4.78, 5) is 29.5. The average molecular weight is 602 g/mol. The van der Waals surface area contributed by atoms with E-state index >= 15 is 0 Å². The Morgan fingerprint density at radius 1 is 0.907 bits per heavy atom. The van der Waals surface area contributed by atoms with Gasteiger partial charge in [0.2, 0.25) is 0 Å². The first kappa shape index (κ1) is 30.5. The minimum atomic E-state index is -0.517. The van der Waals surface area contributed by atoms with E-state index in [9.17, 15) is 14.7 Å². The van der Waals surface area contributed by atoms with Crippen molar-refractivity contribution in [3.05, 3.63) is 77.9 Å². The summed E-state index contributed by atoms with van der Waals surface area (Å²) >= 11 is 1.45. The second-order valence-corrected chi connectivity index (χ2v) is 11.8. The van der Waals surface area contributed by atoms with Crippen molar-refractivity contribution < 1.29 is 24.2 Å². The number of piperidine rings is 1. The molecule has 3 aromatic carbocycles. The number of ketones is 1. The molecule has 0 aliphatic carbocycles. The predicted molar refractivity (Wildman–Crippen MR) is 172 cm³/mol. The van der Waals surface area contributed by atoms with Gasteiger partial charge in [-0.3, -0.25) is 9.69 Å². The predicted octanol–water partition coefficient (Wildman–Crippen LogP) is 6.59. The van der Waals surface area contributed by atoms with E-state index in [1.807, 2.05) is 18.2 Å². The van der Waals surface area contributed by atoms with Crippen LogP contribution < -0.4 is 20.5 Å². The Balaban J connectivity index is 1.33.